The summed E-state index contributed by atoms with van der Waals surface area (Å²) >= 11 is 5.96. The fourth-order valence-corrected chi connectivity index (χ4v) is 4.43. The van der Waals surface area contributed by atoms with Crippen molar-refractivity contribution in [1.82, 2.24) is 4.72 Å². The van der Waals surface area contributed by atoms with Gasteiger partial charge in [0.15, 0.2) is 18.1 Å². The zero-order valence-electron chi connectivity index (χ0n) is 19.6. The van der Waals surface area contributed by atoms with Gasteiger partial charge in [0, 0.05) is 17.3 Å². The van der Waals surface area contributed by atoms with Crippen LogP contribution in [-0.2, 0) is 21.2 Å². The highest BCUT2D eigenvalue weighted by Crippen LogP contribution is 2.27. The van der Waals surface area contributed by atoms with Gasteiger partial charge in [0.05, 0.1) is 19.1 Å². The molecular formula is C25H27ClN2O6S. The molecule has 0 unspecified atom stereocenters. The van der Waals surface area contributed by atoms with Crippen molar-refractivity contribution in [2.45, 2.75) is 18.2 Å². The molecule has 8 nitrogen and oxygen atoms in total. The highest BCUT2D eigenvalue weighted by atomic mass is 35.5. The van der Waals surface area contributed by atoms with E-state index in [1.807, 2.05) is 19.1 Å². The molecule has 0 fully saturated rings. The molecule has 3 rings (SSSR count). The highest BCUT2D eigenvalue weighted by molar-refractivity contribution is 7.89. The molecule has 0 bridgehead atoms. The van der Waals surface area contributed by atoms with E-state index in [1.54, 1.807) is 38.5 Å². The van der Waals surface area contributed by atoms with Crippen LogP contribution in [-0.4, -0.2) is 41.7 Å². The van der Waals surface area contributed by atoms with Crippen LogP contribution in [0, 0.1) is 6.92 Å². The molecule has 3 aromatic rings. The number of hydrogen-bond donors (Lipinski definition) is 2. The van der Waals surface area contributed by atoms with Crippen molar-refractivity contribution in [3.05, 3.63) is 76.8 Å². The van der Waals surface area contributed by atoms with Gasteiger partial charge in [-0.05, 0) is 73.0 Å². The standard InChI is InChI=1S/C25H27ClN2O6S/c1-17-4-6-19(26)15-22(17)28-25(29)16-34-20-7-9-21(10-8-20)35(30,31)27-13-12-18-5-11-23(32-2)24(14-18)33-3/h4-11,14-15,27H,12-13,16H2,1-3H3,(H,28,29). The quantitative estimate of drug-likeness (QED) is 0.394. The lowest BCUT2D eigenvalue weighted by atomic mass is 10.1. The van der Waals surface area contributed by atoms with Crippen LogP contribution in [0.4, 0.5) is 5.69 Å². The minimum Gasteiger partial charge on any atom is -0.493 e. The number of nitrogens with one attached hydrogen (secondary N) is 2. The van der Waals surface area contributed by atoms with Crippen molar-refractivity contribution >= 4 is 33.2 Å². The number of ether oxygens (including phenoxy) is 3. The molecule has 0 aliphatic heterocycles. The van der Waals surface area contributed by atoms with E-state index in [4.69, 9.17) is 25.8 Å². The Morgan fingerprint density at radius 2 is 1.66 bits per heavy atom. The first-order valence-corrected chi connectivity index (χ1v) is 12.6. The van der Waals surface area contributed by atoms with Crippen LogP contribution in [0.15, 0.2) is 65.6 Å². The summed E-state index contributed by atoms with van der Waals surface area (Å²) in [6.45, 7) is 1.83. The molecule has 1 amide bonds. The maximum atomic E-state index is 12.6. The lowest BCUT2D eigenvalue weighted by Crippen LogP contribution is -2.26. The zero-order chi connectivity index (χ0) is 25.4. The third-order valence-electron chi connectivity index (χ3n) is 5.13. The van der Waals surface area contributed by atoms with Crippen LogP contribution in [0.25, 0.3) is 0 Å². The van der Waals surface area contributed by atoms with Crippen LogP contribution in [0.1, 0.15) is 11.1 Å². The number of halogens is 1. The van der Waals surface area contributed by atoms with E-state index in [1.165, 1.54) is 24.3 Å². The molecule has 2 N–H and O–H groups in total. The van der Waals surface area contributed by atoms with Crippen LogP contribution in [0.2, 0.25) is 5.02 Å². The van der Waals surface area contributed by atoms with Gasteiger partial charge in [-0.2, -0.15) is 0 Å². The molecule has 0 spiro atoms. The monoisotopic (exact) mass is 518 g/mol. The van der Waals surface area contributed by atoms with E-state index >= 15 is 0 Å². The summed E-state index contributed by atoms with van der Waals surface area (Å²) in [5, 5.41) is 3.25. The van der Waals surface area contributed by atoms with Gasteiger partial charge in [0.25, 0.3) is 5.91 Å². The second-order valence-corrected chi connectivity index (χ2v) is 9.81. The third-order valence-corrected chi connectivity index (χ3v) is 6.84. The lowest BCUT2D eigenvalue weighted by Gasteiger charge is -2.11. The van der Waals surface area contributed by atoms with Crippen LogP contribution in [0.5, 0.6) is 17.2 Å². The number of hydrogen-bond acceptors (Lipinski definition) is 6. The first kappa shape index (κ1) is 26.3. The van der Waals surface area contributed by atoms with E-state index in [9.17, 15) is 13.2 Å². The van der Waals surface area contributed by atoms with Gasteiger partial charge in [-0.1, -0.05) is 23.7 Å². The molecule has 0 saturated heterocycles. The first-order chi connectivity index (χ1) is 16.7. The summed E-state index contributed by atoms with van der Waals surface area (Å²) in [6, 6.07) is 16.5. The number of rotatable bonds is 11. The summed E-state index contributed by atoms with van der Waals surface area (Å²) in [6.07, 6.45) is 0.474. The molecule has 10 heteroatoms. The average Bonchev–Trinajstić information content (AvgIpc) is 2.85. The predicted molar refractivity (Wildman–Crippen MR) is 135 cm³/mol. The molecular weight excluding hydrogens is 492 g/mol. The first-order valence-electron chi connectivity index (χ1n) is 10.7. The molecule has 186 valence electrons. The molecule has 35 heavy (non-hydrogen) atoms. The zero-order valence-corrected chi connectivity index (χ0v) is 21.2. The molecule has 0 aliphatic rings. The maximum Gasteiger partial charge on any atom is 0.262 e. The second-order valence-electron chi connectivity index (χ2n) is 7.60. The minimum absolute atomic E-state index is 0.0937. The van der Waals surface area contributed by atoms with Crippen molar-refractivity contribution in [3.63, 3.8) is 0 Å². The SMILES string of the molecule is COc1ccc(CCNS(=O)(=O)c2ccc(OCC(=O)Nc3cc(Cl)ccc3C)cc2)cc1OC. The Labute approximate surface area is 210 Å². The predicted octanol–water partition coefficient (Wildman–Crippen LogP) is 4.20. The summed E-state index contributed by atoms with van der Waals surface area (Å²) in [5.41, 5.74) is 2.38. The van der Waals surface area contributed by atoms with Crippen molar-refractivity contribution in [1.29, 1.82) is 0 Å². The van der Waals surface area contributed by atoms with Gasteiger partial charge in [-0.3, -0.25) is 4.79 Å². The fraction of sp³-hybridized carbons (Fsp3) is 0.240. The van der Waals surface area contributed by atoms with Gasteiger partial charge in [-0.15, -0.1) is 0 Å². The lowest BCUT2D eigenvalue weighted by molar-refractivity contribution is -0.118. The number of sulfonamides is 1. The summed E-state index contributed by atoms with van der Waals surface area (Å²) in [7, 11) is -0.610. The highest BCUT2D eigenvalue weighted by Gasteiger charge is 2.14. The van der Waals surface area contributed by atoms with Crippen molar-refractivity contribution in [3.8, 4) is 17.2 Å². The van der Waals surface area contributed by atoms with Gasteiger partial charge in [0.2, 0.25) is 10.0 Å². The van der Waals surface area contributed by atoms with Crippen LogP contribution in [0.3, 0.4) is 0 Å². The molecule has 0 heterocycles. The Hall–Kier alpha value is -3.27. The molecule has 0 aliphatic carbocycles. The Bertz CT molecular complexity index is 1280. The van der Waals surface area contributed by atoms with E-state index in [0.717, 1.165) is 11.1 Å². The van der Waals surface area contributed by atoms with Gasteiger partial charge in [-0.25, -0.2) is 13.1 Å². The normalized spacial score (nSPS) is 11.1. The number of carbonyl (C=O) groups is 1. The van der Waals surface area contributed by atoms with E-state index in [2.05, 4.69) is 10.0 Å². The Kier molecular flexibility index (Phi) is 8.97. The number of benzene rings is 3. The van der Waals surface area contributed by atoms with Crippen molar-refractivity contribution < 1.29 is 27.4 Å². The van der Waals surface area contributed by atoms with Crippen molar-refractivity contribution in [2.75, 3.05) is 32.7 Å². The van der Waals surface area contributed by atoms with E-state index in [-0.39, 0.29) is 24.0 Å². The fourth-order valence-electron chi connectivity index (χ4n) is 3.23. The van der Waals surface area contributed by atoms with E-state index < -0.39 is 10.0 Å². The topological polar surface area (TPSA) is 103 Å². The minimum atomic E-state index is -3.71. The Morgan fingerprint density at radius 1 is 0.943 bits per heavy atom. The van der Waals surface area contributed by atoms with Gasteiger partial charge >= 0.3 is 0 Å². The number of amides is 1. The number of anilines is 1. The average molecular weight is 519 g/mol. The van der Waals surface area contributed by atoms with Crippen LogP contribution >= 0.6 is 11.6 Å². The molecule has 0 aromatic heterocycles. The summed E-state index contributed by atoms with van der Waals surface area (Å²) < 4.78 is 43.8. The number of aryl methyl sites for hydroxylation is 1. The Balaban J connectivity index is 1.51. The van der Waals surface area contributed by atoms with E-state index in [0.29, 0.717) is 34.4 Å². The summed E-state index contributed by atoms with van der Waals surface area (Å²) in [4.78, 5) is 12.3. The molecule has 0 atom stereocenters. The van der Waals surface area contributed by atoms with Gasteiger partial charge in [0.1, 0.15) is 5.75 Å². The van der Waals surface area contributed by atoms with Gasteiger partial charge < -0.3 is 19.5 Å². The number of methoxy groups -OCH3 is 2. The molecule has 0 radical (unpaired) electrons. The smallest absolute Gasteiger partial charge is 0.262 e. The summed E-state index contributed by atoms with van der Waals surface area (Å²) in [5.74, 6) is 1.20. The Morgan fingerprint density at radius 3 is 2.34 bits per heavy atom. The third kappa shape index (κ3) is 7.35. The largest absolute Gasteiger partial charge is 0.493 e. The maximum absolute atomic E-state index is 12.6. The molecule has 3 aromatic carbocycles. The van der Waals surface area contributed by atoms with Crippen LogP contribution < -0.4 is 24.2 Å². The number of carbonyl (C=O) groups excluding carboxylic acids is 1. The van der Waals surface area contributed by atoms with Crippen molar-refractivity contribution in [2.24, 2.45) is 0 Å². The second kappa shape index (κ2) is 11.9. The molecule has 0 saturated carbocycles.